The van der Waals surface area contributed by atoms with Crippen molar-refractivity contribution in [2.75, 3.05) is 25.5 Å². The maximum Gasteiger partial charge on any atom is 0.0160 e. The summed E-state index contributed by atoms with van der Waals surface area (Å²) in [5, 5.41) is 1.10. The van der Waals surface area contributed by atoms with Crippen LogP contribution >= 0.6 is 15.9 Å². The minimum Gasteiger partial charge on any atom is -0.303 e. The Bertz CT molecular complexity index is 91.3. The van der Waals surface area contributed by atoms with Crippen LogP contribution in [0.15, 0.2) is 12.2 Å². The van der Waals surface area contributed by atoms with Crippen molar-refractivity contribution in [1.82, 2.24) is 4.90 Å². The number of nitrogens with zero attached hydrogens (tertiary/aromatic N) is 1. The molecule has 0 unspecified atom stereocenters. The van der Waals surface area contributed by atoms with Gasteiger partial charge in [0.2, 0.25) is 0 Å². The van der Waals surface area contributed by atoms with Gasteiger partial charge >= 0.3 is 0 Å². The third kappa shape index (κ3) is 6.30. The third-order valence-electron chi connectivity index (χ3n) is 1.33. The Labute approximate surface area is 72.2 Å². The second-order valence-electron chi connectivity index (χ2n) is 2.37. The smallest absolute Gasteiger partial charge is 0.0160 e. The molecular weight excluding hydrogens is 190 g/mol. The van der Waals surface area contributed by atoms with Gasteiger partial charge in [-0.15, -0.1) is 0 Å². The van der Waals surface area contributed by atoms with Crippen molar-refractivity contribution in [3.05, 3.63) is 12.2 Å². The first-order valence-corrected chi connectivity index (χ1v) is 4.79. The molecule has 0 amide bonds. The number of likely N-dealkylation sites (N-methyl/N-ethyl adjacent to an activating group) is 1. The normalized spacial score (nSPS) is 11.6. The van der Waals surface area contributed by atoms with Crippen molar-refractivity contribution >= 4 is 15.9 Å². The summed E-state index contributed by atoms with van der Waals surface area (Å²) < 4.78 is 0. The van der Waals surface area contributed by atoms with E-state index >= 15 is 0 Å². The molecule has 0 heterocycles. The lowest BCUT2D eigenvalue weighted by Crippen LogP contribution is -2.19. The van der Waals surface area contributed by atoms with Crippen molar-refractivity contribution in [2.45, 2.75) is 13.3 Å². The van der Waals surface area contributed by atoms with Crippen molar-refractivity contribution < 1.29 is 0 Å². The zero-order valence-corrected chi connectivity index (χ0v) is 8.39. The van der Waals surface area contributed by atoms with E-state index in [1.807, 2.05) is 0 Å². The van der Waals surface area contributed by atoms with E-state index in [0.717, 1.165) is 11.9 Å². The van der Waals surface area contributed by atoms with Crippen LogP contribution in [-0.4, -0.2) is 30.4 Å². The highest BCUT2D eigenvalue weighted by Gasteiger charge is 1.91. The molecule has 2 heteroatoms. The Morgan fingerprint density at radius 3 is 2.70 bits per heavy atom. The molecule has 0 saturated carbocycles. The van der Waals surface area contributed by atoms with E-state index in [1.165, 1.54) is 13.0 Å². The molecule has 0 rings (SSSR count). The highest BCUT2D eigenvalue weighted by atomic mass is 79.9. The Morgan fingerprint density at radius 2 is 2.20 bits per heavy atom. The van der Waals surface area contributed by atoms with Crippen LogP contribution < -0.4 is 0 Å². The van der Waals surface area contributed by atoms with E-state index in [9.17, 15) is 0 Å². The van der Waals surface area contributed by atoms with Gasteiger partial charge in [0.15, 0.2) is 0 Å². The van der Waals surface area contributed by atoms with Gasteiger partial charge in [-0.25, -0.2) is 0 Å². The lowest BCUT2D eigenvalue weighted by molar-refractivity contribution is 0.372. The van der Waals surface area contributed by atoms with Gasteiger partial charge in [-0.2, -0.15) is 0 Å². The summed E-state index contributed by atoms with van der Waals surface area (Å²) in [5.74, 6) is 0. The van der Waals surface area contributed by atoms with E-state index in [0.29, 0.717) is 0 Å². The van der Waals surface area contributed by atoms with Crippen LogP contribution in [0.25, 0.3) is 0 Å². The molecule has 60 valence electrons. The van der Waals surface area contributed by atoms with E-state index in [-0.39, 0.29) is 0 Å². The van der Waals surface area contributed by atoms with Crippen LogP contribution in [0.4, 0.5) is 0 Å². The fourth-order valence-corrected chi connectivity index (χ4v) is 0.957. The number of halogens is 1. The van der Waals surface area contributed by atoms with Crippen molar-refractivity contribution in [2.24, 2.45) is 0 Å². The molecule has 0 aromatic heterocycles. The van der Waals surface area contributed by atoms with Crippen LogP contribution in [-0.2, 0) is 0 Å². The summed E-state index contributed by atoms with van der Waals surface area (Å²) in [6.45, 7) is 4.30. The average molecular weight is 206 g/mol. The summed E-state index contributed by atoms with van der Waals surface area (Å²) in [6.07, 6.45) is 5.49. The standard InChI is InChI=1S/C8H16BrN/c1-3-4-7-10(2)8-5-6-9/h3-4H,5-8H2,1-2H3/b4-3+. The Balaban J connectivity index is 3.16. The first-order chi connectivity index (χ1) is 4.81. The molecule has 0 radical (unpaired) electrons. The molecule has 0 aromatic carbocycles. The second-order valence-corrected chi connectivity index (χ2v) is 3.17. The zero-order valence-electron chi connectivity index (χ0n) is 6.81. The summed E-state index contributed by atoms with van der Waals surface area (Å²) in [6, 6.07) is 0. The minimum atomic E-state index is 1.07. The first kappa shape index (κ1) is 10.2. The van der Waals surface area contributed by atoms with E-state index in [4.69, 9.17) is 0 Å². The summed E-state index contributed by atoms with van der Waals surface area (Å²) in [5.41, 5.74) is 0. The molecule has 0 aliphatic rings. The topological polar surface area (TPSA) is 3.24 Å². The molecule has 0 aromatic rings. The van der Waals surface area contributed by atoms with Gasteiger partial charge in [-0.1, -0.05) is 28.1 Å². The Kier molecular flexibility index (Phi) is 7.42. The summed E-state index contributed by atoms with van der Waals surface area (Å²) >= 11 is 3.40. The molecule has 1 nitrogen and oxygen atoms in total. The first-order valence-electron chi connectivity index (χ1n) is 3.67. The predicted octanol–water partition coefficient (Wildman–Crippen LogP) is 2.28. The molecule has 0 spiro atoms. The molecular formula is C8H16BrN. The molecule has 10 heavy (non-hydrogen) atoms. The second kappa shape index (κ2) is 7.29. The van der Waals surface area contributed by atoms with Gasteiger partial charge in [0.25, 0.3) is 0 Å². The van der Waals surface area contributed by atoms with Crippen LogP contribution in [0.5, 0.6) is 0 Å². The molecule has 0 saturated heterocycles. The number of allylic oxidation sites excluding steroid dienone is 1. The van der Waals surface area contributed by atoms with Crippen molar-refractivity contribution in [3.63, 3.8) is 0 Å². The average Bonchev–Trinajstić information content (AvgIpc) is 1.97. The van der Waals surface area contributed by atoms with Gasteiger partial charge in [0, 0.05) is 11.9 Å². The minimum absolute atomic E-state index is 1.07. The molecule has 0 fully saturated rings. The number of rotatable bonds is 5. The molecule has 0 atom stereocenters. The number of alkyl halides is 1. The molecule has 0 aliphatic heterocycles. The summed E-state index contributed by atoms with van der Waals surface area (Å²) in [4.78, 5) is 2.31. The van der Waals surface area contributed by atoms with Gasteiger partial charge in [-0.05, 0) is 26.9 Å². The SMILES string of the molecule is C/C=C/CN(C)CCCBr. The van der Waals surface area contributed by atoms with Crippen LogP contribution in [0.3, 0.4) is 0 Å². The third-order valence-corrected chi connectivity index (χ3v) is 1.89. The van der Waals surface area contributed by atoms with Gasteiger partial charge < -0.3 is 4.90 Å². The fourth-order valence-electron chi connectivity index (χ4n) is 0.706. The lowest BCUT2D eigenvalue weighted by atomic mass is 10.4. The van der Waals surface area contributed by atoms with Crippen LogP contribution in [0.1, 0.15) is 13.3 Å². The highest BCUT2D eigenvalue weighted by Crippen LogP contribution is 1.91. The highest BCUT2D eigenvalue weighted by molar-refractivity contribution is 9.09. The predicted molar refractivity (Wildman–Crippen MR) is 50.7 cm³/mol. The summed E-state index contributed by atoms with van der Waals surface area (Å²) in [7, 11) is 2.14. The van der Waals surface area contributed by atoms with Crippen LogP contribution in [0.2, 0.25) is 0 Å². The quantitative estimate of drug-likeness (QED) is 0.492. The van der Waals surface area contributed by atoms with Gasteiger partial charge in [0.1, 0.15) is 0 Å². The monoisotopic (exact) mass is 205 g/mol. The molecule has 0 aliphatic carbocycles. The lowest BCUT2D eigenvalue weighted by Gasteiger charge is -2.12. The Morgan fingerprint density at radius 1 is 1.50 bits per heavy atom. The largest absolute Gasteiger partial charge is 0.303 e. The van der Waals surface area contributed by atoms with E-state index in [1.54, 1.807) is 0 Å². The maximum absolute atomic E-state index is 3.40. The van der Waals surface area contributed by atoms with Gasteiger partial charge in [-0.3, -0.25) is 0 Å². The van der Waals surface area contributed by atoms with Gasteiger partial charge in [0.05, 0.1) is 0 Å². The number of hydrogen-bond donors (Lipinski definition) is 0. The van der Waals surface area contributed by atoms with Crippen molar-refractivity contribution in [3.8, 4) is 0 Å². The van der Waals surface area contributed by atoms with E-state index < -0.39 is 0 Å². The van der Waals surface area contributed by atoms with Crippen LogP contribution in [0, 0.1) is 0 Å². The maximum atomic E-state index is 3.40. The zero-order chi connectivity index (χ0) is 7.82. The number of hydrogen-bond acceptors (Lipinski definition) is 1. The Hall–Kier alpha value is 0.180. The molecule has 0 N–H and O–H groups in total. The van der Waals surface area contributed by atoms with E-state index in [2.05, 4.69) is 47.0 Å². The van der Waals surface area contributed by atoms with Crippen molar-refractivity contribution in [1.29, 1.82) is 0 Å². The fraction of sp³-hybridized carbons (Fsp3) is 0.750. The molecule has 0 bridgehead atoms.